The molecule has 2 aromatic heterocycles. The maximum Gasteiger partial charge on any atom is 0.409 e. The highest BCUT2D eigenvalue weighted by molar-refractivity contribution is 5.96. The van der Waals surface area contributed by atoms with Crippen molar-refractivity contribution >= 4 is 17.5 Å². The summed E-state index contributed by atoms with van der Waals surface area (Å²) in [6.07, 6.45) is 4.94. The van der Waals surface area contributed by atoms with Crippen LogP contribution in [0.2, 0.25) is 0 Å². The summed E-state index contributed by atoms with van der Waals surface area (Å²) >= 11 is 0. The normalized spacial score (nSPS) is 23.3. The van der Waals surface area contributed by atoms with Gasteiger partial charge in [-0.1, -0.05) is 0 Å². The number of nitrogens with two attached hydrogens (primary N) is 1. The number of carbonyl (C=O) groups excluding carboxylic acids is 1. The van der Waals surface area contributed by atoms with E-state index >= 15 is 0 Å². The number of amides is 2. The number of fused-ring (bicyclic) bond motifs is 1. The number of nitrogens with zero attached hydrogens (tertiary/aromatic N) is 4. The Morgan fingerprint density at radius 2 is 1.90 bits per heavy atom. The Morgan fingerprint density at radius 3 is 2.65 bits per heavy atom. The predicted molar refractivity (Wildman–Crippen MR) is 104 cm³/mol. The maximum absolute atomic E-state index is 13.7. The molecule has 3 heterocycles. The minimum absolute atomic E-state index is 0.0978. The summed E-state index contributed by atoms with van der Waals surface area (Å²) in [4.78, 5) is 18.3. The molecule has 2 amide bonds. The molecule has 1 aromatic carbocycles. The molecule has 1 saturated heterocycles. The number of aromatic nitrogens is 3. The SMILES string of the molecule is [NH2+]=C1CC[C@@H](c2cc(F)cc(F)c2)N1C(=O)NC1CC(c2ccnc3c(F)cnn23)C1. The Kier molecular flexibility index (Phi) is 4.64. The molecule has 1 atom stereocenters. The van der Waals surface area contributed by atoms with Crippen LogP contribution in [0.15, 0.2) is 36.7 Å². The first-order valence-electron chi connectivity index (χ1n) is 10.1. The van der Waals surface area contributed by atoms with Crippen LogP contribution in [-0.2, 0) is 0 Å². The van der Waals surface area contributed by atoms with Crippen molar-refractivity contribution in [2.75, 3.05) is 0 Å². The van der Waals surface area contributed by atoms with Gasteiger partial charge in [-0.05, 0) is 31.0 Å². The van der Waals surface area contributed by atoms with Gasteiger partial charge in [-0.3, -0.25) is 5.41 Å². The molecule has 3 aromatic rings. The molecule has 10 heteroatoms. The van der Waals surface area contributed by atoms with E-state index in [0.29, 0.717) is 37.1 Å². The van der Waals surface area contributed by atoms with Crippen molar-refractivity contribution in [3.63, 3.8) is 0 Å². The van der Waals surface area contributed by atoms with Crippen molar-refractivity contribution in [3.8, 4) is 0 Å². The molecule has 3 N–H and O–H groups in total. The number of likely N-dealkylation sites (tertiary alicyclic amines) is 1. The molecule has 1 saturated carbocycles. The lowest BCUT2D eigenvalue weighted by atomic mass is 9.78. The fourth-order valence-electron chi connectivity index (χ4n) is 4.50. The molecule has 0 bridgehead atoms. The fraction of sp³-hybridized carbons (Fsp3) is 0.333. The van der Waals surface area contributed by atoms with Gasteiger partial charge in [-0.25, -0.2) is 27.5 Å². The second-order valence-electron chi connectivity index (χ2n) is 8.03. The molecular formula is C21H20F3N6O+. The first kappa shape index (κ1) is 19.5. The molecule has 1 aliphatic heterocycles. The van der Waals surface area contributed by atoms with E-state index in [1.54, 1.807) is 12.3 Å². The molecule has 1 aliphatic carbocycles. The third-order valence-corrected chi connectivity index (χ3v) is 6.05. The number of hydrogen-bond donors (Lipinski definition) is 2. The van der Waals surface area contributed by atoms with Crippen molar-refractivity contribution in [2.24, 2.45) is 0 Å². The second kappa shape index (κ2) is 7.36. The van der Waals surface area contributed by atoms with Crippen LogP contribution in [0, 0.1) is 17.5 Å². The van der Waals surface area contributed by atoms with E-state index in [-0.39, 0.29) is 17.6 Å². The van der Waals surface area contributed by atoms with Gasteiger partial charge in [0.15, 0.2) is 11.5 Å². The summed E-state index contributed by atoms with van der Waals surface area (Å²) in [6.45, 7) is 0. The van der Waals surface area contributed by atoms with Gasteiger partial charge in [0.05, 0.1) is 12.6 Å². The van der Waals surface area contributed by atoms with Crippen molar-refractivity contribution in [3.05, 3.63) is 65.4 Å². The van der Waals surface area contributed by atoms with Crippen LogP contribution >= 0.6 is 0 Å². The Bertz CT molecular complexity index is 1170. The number of carbonyl (C=O) groups is 1. The Labute approximate surface area is 175 Å². The first-order valence-corrected chi connectivity index (χ1v) is 10.1. The van der Waals surface area contributed by atoms with E-state index < -0.39 is 29.5 Å². The van der Waals surface area contributed by atoms with E-state index in [1.807, 2.05) is 0 Å². The molecule has 160 valence electrons. The van der Waals surface area contributed by atoms with Crippen LogP contribution in [0.4, 0.5) is 18.0 Å². The fourth-order valence-corrected chi connectivity index (χ4v) is 4.50. The summed E-state index contributed by atoms with van der Waals surface area (Å²) in [6, 6.07) is 4.04. The predicted octanol–water partition coefficient (Wildman–Crippen LogP) is 2.10. The summed E-state index contributed by atoms with van der Waals surface area (Å²) in [5, 5.41) is 13.0. The number of urea groups is 1. The second-order valence-corrected chi connectivity index (χ2v) is 8.03. The van der Waals surface area contributed by atoms with Gasteiger partial charge in [0.2, 0.25) is 0 Å². The molecule has 0 spiro atoms. The van der Waals surface area contributed by atoms with Gasteiger partial charge in [-0.15, -0.1) is 0 Å². The largest absolute Gasteiger partial charge is 0.409 e. The van der Waals surface area contributed by atoms with Crippen LogP contribution in [0.5, 0.6) is 0 Å². The van der Waals surface area contributed by atoms with E-state index in [1.165, 1.54) is 21.5 Å². The zero-order chi connectivity index (χ0) is 21.7. The van der Waals surface area contributed by atoms with Gasteiger partial charge >= 0.3 is 6.03 Å². The minimum atomic E-state index is -0.693. The lowest BCUT2D eigenvalue weighted by Crippen LogP contribution is -2.56. The summed E-state index contributed by atoms with van der Waals surface area (Å²) in [5.74, 6) is -1.40. The van der Waals surface area contributed by atoms with Crippen LogP contribution in [0.25, 0.3) is 5.65 Å². The van der Waals surface area contributed by atoms with Crippen LogP contribution < -0.4 is 10.7 Å². The average molecular weight is 429 g/mol. The summed E-state index contributed by atoms with van der Waals surface area (Å²) in [7, 11) is 0. The van der Waals surface area contributed by atoms with Gasteiger partial charge < -0.3 is 5.32 Å². The smallest absolute Gasteiger partial charge is 0.315 e. The molecule has 2 aliphatic rings. The third kappa shape index (κ3) is 3.41. The average Bonchev–Trinajstić information content (AvgIpc) is 3.27. The summed E-state index contributed by atoms with van der Waals surface area (Å²) in [5.41, 5.74) is 1.38. The zero-order valence-electron chi connectivity index (χ0n) is 16.4. The van der Waals surface area contributed by atoms with Gasteiger partial charge in [0.1, 0.15) is 17.7 Å². The lowest BCUT2D eigenvalue weighted by Gasteiger charge is -2.36. The van der Waals surface area contributed by atoms with Gasteiger partial charge in [0, 0.05) is 41.9 Å². The monoisotopic (exact) mass is 429 g/mol. The standard InChI is InChI=1S/C21H19F3N6O/c22-13-5-11(6-14(23)9-13)17-1-2-19(25)29(17)21(31)28-15-7-12(8-15)18-3-4-26-20-16(24)10-27-30(18)20/h3-6,9-10,12,15,17,25H,1-2,7-8H2,(H,28,31)/p+1/t12?,15?,17-/m0/s1. The minimum Gasteiger partial charge on any atom is -0.315 e. The Hall–Kier alpha value is -3.43. The van der Waals surface area contributed by atoms with Crippen molar-refractivity contribution < 1.29 is 23.4 Å². The molecular weight excluding hydrogens is 409 g/mol. The Morgan fingerprint density at radius 1 is 1.16 bits per heavy atom. The number of rotatable bonds is 3. The highest BCUT2D eigenvalue weighted by Crippen LogP contribution is 2.38. The van der Waals surface area contributed by atoms with E-state index in [4.69, 9.17) is 5.41 Å². The van der Waals surface area contributed by atoms with Crippen molar-refractivity contribution in [1.29, 1.82) is 0 Å². The number of nitrogens with one attached hydrogen (secondary N) is 1. The molecule has 2 fully saturated rings. The van der Waals surface area contributed by atoms with Crippen molar-refractivity contribution in [1.82, 2.24) is 24.8 Å². The zero-order valence-corrected chi connectivity index (χ0v) is 16.4. The number of benzene rings is 1. The van der Waals surface area contributed by atoms with Crippen LogP contribution in [0.3, 0.4) is 0 Å². The van der Waals surface area contributed by atoms with Gasteiger partial charge in [0.25, 0.3) is 5.84 Å². The molecule has 7 nitrogen and oxygen atoms in total. The molecule has 0 unspecified atom stereocenters. The van der Waals surface area contributed by atoms with Crippen LogP contribution in [0.1, 0.15) is 48.9 Å². The van der Waals surface area contributed by atoms with E-state index in [9.17, 15) is 18.0 Å². The van der Waals surface area contributed by atoms with Crippen molar-refractivity contribution in [2.45, 2.75) is 43.7 Å². The lowest BCUT2D eigenvalue weighted by molar-refractivity contribution is -0.126. The molecule has 0 radical (unpaired) electrons. The Balaban J connectivity index is 1.27. The highest BCUT2D eigenvalue weighted by Gasteiger charge is 2.44. The van der Waals surface area contributed by atoms with Crippen LogP contribution in [-0.4, -0.2) is 37.4 Å². The third-order valence-electron chi connectivity index (χ3n) is 6.05. The quantitative estimate of drug-likeness (QED) is 0.669. The van der Waals surface area contributed by atoms with E-state index in [2.05, 4.69) is 15.4 Å². The van der Waals surface area contributed by atoms with Gasteiger partial charge in [-0.2, -0.15) is 10.00 Å². The summed E-state index contributed by atoms with van der Waals surface area (Å²) < 4.78 is 42.5. The topological polar surface area (TPSA) is 88.1 Å². The highest BCUT2D eigenvalue weighted by atomic mass is 19.1. The molecule has 5 rings (SSSR count). The number of amidine groups is 1. The molecule has 31 heavy (non-hydrogen) atoms. The first-order chi connectivity index (χ1) is 14.9. The number of halogens is 3. The maximum atomic E-state index is 13.7. The van der Waals surface area contributed by atoms with E-state index in [0.717, 1.165) is 18.0 Å². The number of hydrogen-bond acceptors (Lipinski definition) is 3.